The first kappa shape index (κ1) is 29.4. The van der Waals surface area contributed by atoms with Gasteiger partial charge in [-0.15, -0.1) is 0 Å². The molecule has 11 aromatic carbocycles. The van der Waals surface area contributed by atoms with Crippen LogP contribution in [0.25, 0.3) is 75.5 Å². The molecule has 0 aliphatic carbocycles. The van der Waals surface area contributed by atoms with E-state index in [0.717, 1.165) is 71.9 Å². The molecule has 0 fully saturated rings. The highest BCUT2D eigenvalue weighted by Crippen LogP contribution is 2.49. The van der Waals surface area contributed by atoms with Crippen LogP contribution in [0.1, 0.15) is 5.48 Å². The van der Waals surface area contributed by atoms with Crippen molar-refractivity contribution in [2.45, 2.75) is 0 Å². The number of aryl methyl sites for hydroxylation is 1. The number of anilines is 6. The molecule has 2 aliphatic heterocycles. The number of para-hydroxylation sites is 2. The van der Waals surface area contributed by atoms with Crippen molar-refractivity contribution < 1.29 is 5.48 Å². The molecule has 0 saturated carbocycles. The van der Waals surface area contributed by atoms with Gasteiger partial charge in [-0.25, -0.2) is 0 Å². The molecule has 12 aromatic rings. The summed E-state index contributed by atoms with van der Waals surface area (Å²) < 4.78 is 40.3. The second-order valence-corrected chi connectivity index (χ2v) is 16.5. The lowest BCUT2D eigenvalue weighted by atomic mass is 9.33. The molecular weight excluding hydrogens is 737 g/mol. The molecule has 61 heavy (non-hydrogen) atoms. The van der Waals surface area contributed by atoms with Gasteiger partial charge < -0.3 is 9.47 Å². The fourth-order valence-electron chi connectivity index (χ4n) is 11.2. The SMILES string of the molecule is [2H]c1c([2H])c([2H])c2c(c1[2H])B1c3c(cccc3N(c3cccc4c5ccccc5c5ccccc5c34)c3c1c1ccccc1n3C)N2c1ccc2c3ccccc3c3ccccc3c2c1. The highest BCUT2D eigenvalue weighted by Gasteiger charge is 2.45. The van der Waals surface area contributed by atoms with Gasteiger partial charge in [-0.1, -0.05) is 158 Å². The first-order valence-electron chi connectivity index (χ1n) is 23.0. The van der Waals surface area contributed by atoms with Crippen LogP contribution in [-0.2, 0) is 7.05 Å². The summed E-state index contributed by atoms with van der Waals surface area (Å²) in [6.45, 7) is -0.510. The molecule has 3 nitrogen and oxygen atoms in total. The molecule has 3 heterocycles. The van der Waals surface area contributed by atoms with E-state index >= 15 is 0 Å². The maximum atomic E-state index is 9.87. The fraction of sp³-hybridized carbons (Fsp3) is 0.0175. The number of nitrogens with zero attached hydrogens (tertiary/aromatic N) is 3. The van der Waals surface area contributed by atoms with Gasteiger partial charge in [0.15, 0.2) is 0 Å². The van der Waals surface area contributed by atoms with E-state index in [-0.39, 0.29) is 24.2 Å². The van der Waals surface area contributed by atoms with Crippen molar-refractivity contribution in [3.8, 4) is 0 Å². The van der Waals surface area contributed by atoms with Crippen LogP contribution in [-0.4, -0.2) is 11.3 Å². The number of aromatic nitrogens is 1. The zero-order valence-corrected chi connectivity index (χ0v) is 33.2. The molecule has 1 aromatic heterocycles. The van der Waals surface area contributed by atoms with Gasteiger partial charge in [0, 0.05) is 40.7 Å². The van der Waals surface area contributed by atoms with E-state index in [4.69, 9.17) is 1.37 Å². The van der Waals surface area contributed by atoms with Crippen molar-refractivity contribution >= 4 is 133 Å². The molecule has 0 saturated heterocycles. The van der Waals surface area contributed by atoms with E-state index in [2.05, 4.69) is 197 Å². The van der Waals surface area contributed by atoms with Gasteiger partial charge in [-0.05, 0) is 123 Å². The summed E-state index contributed by atoms with van der Waals surface area (Å²) in [5.41, 5.74) is 7.84. The van der Waals surface area contributed by atoms with Crippen molar-refractivity contribution in [2.75, 3.05) is 9.80 Å². The Hall–Kier alpha value is -7.82. The van der Waals surface area contributed by atoms with Crippen LogP contribution in [0.2, 0.25) is 0 Å². The Bertz CT molecular complexity index is 4040. The molecule has 0 atom stereocenters. The Balaban J connectivity index is 1.14. The topological polar surface area (TPSA) is 11.4 Å². The monoisotopic (exact) mass is 777 g/mol. The molecular formula is C57H36BN3. The third-order valence-corrected chi connectivity index (χ3v) is 13.6. The summed E-state index contributed by atoms with van der Waals surface area (Å²) in [4.78, 5) is 4.55. The van der Waals surface area contributed by atoms with Crippen molar-refractivity contribution in [1.29, 1.82) is 0 Å². The predicted octanol–water partition coefficient (Wildman–Crippen LogP) is 13.2. The van der Waals surface area contributed by atoms with E-state index < -0.39 is 6.71 Å². The van der Waals surface area contributed by atoms with Crippen LogP contribution in [0.4, 0.5) is 34.3 Å². The first-order valence-corrected chi connectivity index (χ1v) is 21.0. The lowest BCUT2D eigenvalue weighted by Crippen LogP contribution is -2.61. The van der Waals surface area contributed by atoms with Crippen molar-refractivity contribution in [2.24, 2.45) is 7.05 Å². The molecule has 0 radical (unpaired) electrons. The van der Waals surface area contributed by atoms with Crippen molar-refractivity contribution in [3.63, 3.8) is 0 Å². The molecule has 0 bridgehead atoms. The highest BCUT2D eigenvalue weighted by atomic mass is 15.3. The second-order valence-electron chi connectivity index (χ2n) is 16.5. The molecule has 0 unspecified atom stereocenters. The van der Waals surface area contributed by atoms with Crippen LogP contribution in [0.5, 0.6) is 0 Å². The molecule has 0 N–H and O–H groups in total. The summed E-state index contributed by atoms with van der Waals surface area (Å²) >= 11 is 0. The number of rotatable bonds is 2. The van der Waals surface area contributed by atoms with Crippen LogP contribution in [0.15, 0.2) is 200 Å². The van der Waals surface area contributed by atoms with E-state index in [9.17, 15) is 4.11 Å². The summed E-state index contributed by atoms with van der Waals surface area (Å²) in [7, 11) is 2.13. The summed E-state index contributed by atoms with van der Waals surface area (Å²) in [5, 5.41) is 15.0. The van der Waals surface area contributed by atoms with Crippen LogP contribution < -0.4 is 26.2 Å². The minimum absolute atomic E-state index is 0.0244. The van der Waals surface area contributed by atoms with Crippen LogP contribution in [0, 0.1) is 0 Å². The first-order chi connectivity index (χ1) is 31.9. The van der Waals surface area contributed by atoms with Gasteiger partial charge in [0.1, 0.15) is 5.82 Å². The minimum atomic E-state index is -0.510. The van der Waals surface area contributed by atoms with Crippen LogP contribution in [0.3, 0.4) is 0 Å². The number of hydrogen-bond donors (Lipinski definition) is 0. The standard InChI is InChI=1S/C57H36BN3/c1-59-49-27-12-10-24-46(49)55-57(59)61(51-29-14-25-45-41-20-6-4-19-39(41)40-21-8-9-23-44(40)54(45)51)53-31-15-30-52-56(53)58(55)48-26-11-13-28-50(48)60(52)35-32-33-43-38-18-3-2-16-36(38)37-17-5-7-22-42(37)47(43)34-35/h2-34H,1H3/i11D,13D,26D,28D. The average Bonchev–Trinajstić information content (AvgIpc) is 3.66. The molecule has 2 aliphatic rings. The smallest absolute Gasteiger partial charge is 0.255 e. The van der Waals surface area contributed by atoms with Gasteiger partial charge in [0.05, 0.1) is 11.2 Å². The third-order valence-electron chi connectivity index (χ3n) is 13.6. The molecule has 282 valence electrons. The zero-order valence-electron chi connectivity index (χ0n) is 37.2. The van der Waals surface area contributed by atoms with E-state index in [1.807, 2.05) is 0 Å². The molecule has 14 rings (SSSR count). The Kier molecular flexibility index (Phi) is 5.84. The fourth-order valence-corrected chi connectivity index (χ4v) is 11.2. The Morgan fingerprint density at radius 3 is 1.52 bits per heavy atom. The third kappa shape index (κ3) is 4.28. The number of hydrogen-bond acceptors (Lipinski definition) is 2. The molecule has 0 amide bonds. The van der Waals surface area contributed by atoms with Crippen LogP contribution >= 0.6 is 0 Å². The van der Waals surface area contributed by atoms with Gasteiger partial charge >= 0.3 is 0 Å². The summed E-state index contributed by atoms with van der Waals surface area (Å²) in [6.07, 6.45) is 0. The minimum Gasteiger partial charge on any atom is -0.330 e. The van der Waals surface area contributed by atoms with E-state index in [1.54, 1.807) is 0 Å². The lowest BCUT2D eigenvalue weighted by Gasteiger charge is -2.43. The summed E-state index contributed by atoms with van der Waals surface area (Å²) in [6, 6.07) is 62.0. The predicted molar refractivity (Wildman–Crippen MR) is 262 cm³/mol. The molecule has 0 spiro atoms. The zero-order chi connectivity index (χ0) is 43.4. The maximum absolute atomic E-state index is 9.87. The summed E-state index contributed by atoms with van der Waals surface area (Å²) in [5.74, 6) is 0.974. The van der Waals surface area contributed by atoms with Gasteiger partial charge in [0.25, 0.3) is 6.71 Å². The quantitative estimate of drug-likeness (QED) is 0.128. The van der Waals surface area contributed by atoms with Gasteiger partial charge in [0.2, 0.25) is 0 Å². The average molecular weight is 778 g/mol. The maximum Gasteiger partial charge on any atom is 0.255 e. The number of benzene rings is 11. The van der Waals surface area contributed by atoms with E-state index in [1.165, 1.54) is 43.1 Å². The second kappa shape index (κ2) is 12.1. The molecule has 4 heteroatoms. The Morgan fingerprint density at radius 1 is 0.393 bits per heavy atom. The lowest BCUT2D eigenvalue weighted by molar-refractivity contribution is 0.952. The van der Waals surface area contributed by atoms with Crippen molar-refractivity contribution in [1.82, 2.24) is 4.57 Å². The Labute approximate surface area is 358 Å². The normalized spacial score (nSPS) is 14.1. The highest BCUT2D eigenvalue weighted by molar-refractivity contribution is 7.01. The largest absolute Gasteiger partial charge is 0.330 e. The van der Waals surface area contributed by atoms with E-state index in [0.29, 0.717) is 11.2 Å². The number of fused-ring (bicyclic) bond motifs is 18. The van der Waals surface area contributed by atoms with Gasteiger partial charge in [-0.2, -0.15) is 0 Å². The Morgan fingerprint density at radius 2 is 0.869 bits per heavy atom. The van der Waals surface area contributed by atoms with Crippen molar-refractivity contribution in [3.05, 3.63) is 200 Å². The van der Waals surface area contributed by atoms with Gasteiger partial charge in [-0.3, -0.25) is 4.90 Å².